The molecule has 1 aromatic heterocycles. The lowest BCUT2D eigenvalue weighted by Gasteiger charge is -2.29. The molecular formula is C14H22N2. The molecule has 1 saturated carbocycles. The molecule has 2 rings (SSSR count). The van der Waals surface area contributed by atoms with Gasteiger partial charge in [-0.2, -0.15) is 0 Å². The van der Waals surface area contributed by atoms with Gasteiger partial charge in [0.2, 0.25) is 0 Å². The molecule has 88 valence electrons. The Hall–Kier alpha value is -1.05. The van der Waals surface area contributed by atoms with Crippen LogP contribution in [-0.4, -0.2) is 11.0 Å². The Balaban J connectivity index is 1.96. The van der Waals surface area contributed by atoms with E-state index in [-0.39, 0.29) is 0 Å². The molecule has 0 aliphatic heterocycles. The summed E-state index contributed by atoms with van der Waals surface area (Å²) >= 11 is 0. The molecule has 0 amide bonds. The summed E-state index contributed by atoms with van der Waals surface area (Å²) in [5.41, 5.74) is 2.48. The first-order valence-corrected chi connectivity index (χ1v) is 6.44. The van der Waals surface area contributed by atoms with Crippen molar-refractivity contribution in [2.75, 3.05) is 5.32 Å². The average Bonchev–Trinajstić information content (AvgIpc) is 2.33. The minimum absolute atomic E-state index is 0.585. The predicted octanol–water partition coefficient (Wildman–Crippen LogP) is 3.77. The van der Waals surface area contributed by atoms with E-state index in [9.17, 15) is 0 Å². The van der Waals surface area contributed by atoms with E-state index in [1.54, 1.807) is 0 Å². The Kier molecular flexibility index (Phi) is 3.81. The molecular weight excluding hydrogens is 196 g/mol. The van der Waals surface area contributed by atoms with Gasteiger partial charge in [0.05, 0.1) is 0 Å². The maximum Gasteiger partial charge on any atom is 0.0402 e. The van der Waals surface area contributed by atoms with E-state index in [2.05, 4.69) is 30.2 Å². The lowest BCUT2D eigenvalue weighted by molar-refractivity contribution is 0.328. The van der Waals surface area contributed by atoms with Crippen LogP contribution in [0.1, 0.15) is 44.6 Å². The molecule has 0 radical (unpaired) electrons. The second-order valence-corrected chi connectivity index (χ2v) is 5.02. The molecule has 16 heavy (non-hydrogen) atoms. The minimum Gasteiger partial charge on any atom is -0.382 e. The van der Waals surface area contributed by atoms with Crippen LogP contribution in [-0.2, 0) is 0 Å². The highest BCUT2D eigenvalue weighted by atomic mass is 14.9. The Bertz CT molecular complexity index is 329. The van der Waals surface area contributed by atoms with Gasteiger partial charge in [-0.15, -0.1) is 0 Å². The molecule has 1 aliphatic rings. The van der Waals surface area contributed by atoms with Gasteiger partial charge in [-0.25, -0.2) is 0 Å². The first kappa shape index (κ1) is 11.4. The standard InChI is InChI=1S/C14H22N2/c1-11-10-15-9-8-14(11)16-12(2)13-6-4-3-5-7-13/h8-10,12-13H,3-7H2,1-2H3,(H,15,16). The third kappa shape index (κ3) is 2.75. The van der Waals surface area contributed by atoms with Crippen molar-refractivity contribution >= 4 is 5.69 Å². The number of hydrogen-bond acceptors (Lipinski definition) is 2. The van der Waals surface area contributed by atoms with Gasteiger partial charge in [0, 0.05) is 24.1 Å². The minimum atomic E-state index is 0.585. The van der Waals surface area contributed by atoms with Gasteiger partial charge in [-0.1, -0.05) is 19.3 Å². The number of nitrogens with zero attached hydrogens (tertiary/aromatic N) is 1. The highest BCUT2D eigenvalue weighted by molar-refractivity contribution is 5.49. The summed E-state index contributed by atoms with van der Waals surface area (Å²) in [7, 11) is 0. The number of rotatable bonds is 3. The largest absolute Gasteiger partial charge is 0.382 e. The van der Waals surface area contributed by atoms with Crippen LogP contribution in [0.3, 0.4) is 0 Å². The first-order valence-electron chi connectivity index (χ1n) is 6.44. The van der Waals surface area contributed by atoms with Crippen LogP contribution in [0.4, 0.5) is 5.69 Å². The van der Waals surface area contributed by atoms with Gasteiger partial charge in [-0.3, -0.25) is 4.98 Å². The van der Waals surface area contributed by atoms with Gasteiger partial charge < -0.3 is 5.32 Å². The molecule has 1 unspecified atom stereocenters. The monoisotopic (exact) mass is 218 g/mol. The maximum atomic E-state index is 4.12. The molecule has 0 saturated heterocycles. The summed E-state index contributed by atoms with van der Waals surface area (Å²) in [5.74, 6) is 0.848. The first-order chi connectivity index (χ1) is 7.77. The average molecular weight is 218 g/mol. The fourth-order valence-electron chi connectivity index (χ4n) is 2.63. The molecule has 0 spiro atoms. The van der Waals surface area contributed by atoms with Crippen molar-refractivity contribution in [3.63, 3.8) is 0 Å². The zero-order valence-electron chi connectivity index (χ0n) is 10.4. The van der Waals surface area contributed by atoms with E-state index < -0.39 is 0 Å². The van der Waals surface area contributed by atoms with Gasteiger partial charge in [0.15, 0.2) is 0 Å². The molecule has 1 fully saturated rings. The van der Waals surface area contributed by atoms with E-state index in [0.29, 0.717) is 6.04 Å². The van der Waals surface area contributed by atoms with E-state index in [1.165, 1.54) is 43.4 Å². The fourth-order valence-corrected chi connectivity index (χ4v) is 2.63. The number of pyridine rings is 1. The zero-order valence-corrected chi connectivity index (χ0v) is 10.4. The van der Waals surface area contributed by atoms with Crippen molar-refractivity contribution in [3.8, 4) is 0 Å². The lowest BCUT2D eigenvalue weighted by Crippen LogP contribution is -2.27. The Morgan fingerprint density at radius 2 is 2.06 bits per heavy atom. The van der Waals surface area contributed by atoms with Crippen molar-refractivity contribution in [3.05, 3.63) is 24.0 Å². The molecule has 1 heterocycles. The van der Waals surface area contributed by atoms with Crippen LogP contribution in [0.25, 0.3) is 0 Å². The van der Waals surface area contributed by atoms with Crippen LogP contribution < -0.4 is 5.32 Å². The third-order valence-electron chi connectivity index (χ3n) is 3.76. The van der Waals surface area contributed by atoms with Crippen LogP contribution >= 0.6 is 0 Å². The van der Waals surface area contributed by atoms with E-state index in [4.69, 9.17) is 0 Å². The number of aromatic nitrogens is 1. The predicted molar refractivity (Wildman–Crippen MR) is 68.6 cm³/mol. The highest BCUT2D eigenvalue weighted by Gasteiger charge is 2.19. The van der Waals surface area contributed by atoms with Crippen molar-refractivity contribution in [1.82, 2.24) is 4.98 Å². The second kappa shape index (κ2) is 5.33. The Morgan fingerprint density at radius 3 is 2.75 bits per heavy atom. The molecule has 1 aliphatic carbocycles. The molecule has 2 heteroatoms. The fraction of sp³-hybridized carbons (Fsp3) is 0.643. The summed E-state index contributed by atoms with van der Waals surface area (Å²) in [6.45, 7) is 4.43. The van der Waals surface area contributed by atoms with E-state index in [0.717, 1.165) is 5.92 Å². The van der Waals surface area contributed by atoms with E-state index in [1.807, 2.05) is 12.4 Å². The van der Waals surface area contributed by atoms with Crippen molar-refractivity contribution in [1.29, 1.82) is 0 Å². The molecule has 1 N–H and O–H groups in total. The van der Waals surface area contributed by atoms with E-state index >= 15 is 0 Å². The maximum absolute atomic E-state index is 4.12. The number of anilines is 1. The van der Waals surface area contributed by atoms with Gasteiger partial charge in [-0.05, 0) is 44.2 Å². The zero-order chi connectivity index (χ0) is 11.4. The number of aryl methyl sites for hydroxylation is 1. The summed E-state index contributed by atoms with van der Waals surface area (Å²) in [4.78, 5) is 4.12. The highest BCUT2D eigenvalue weighted by Crippen LogP contribution is 2.28. The summed E-state index contributed by atoms with van der Waals surface area (Å²) < 4.78 is 0. The molecule has 1 aromatic rings. The quantitative estimate of drug-likeness (QED) is 0.835. The number of hydrogen-bond donors (Lipinski definition) is 1. The van der Waals surface area contributed by atoms with Gasteiger partial charge in [0.1, 0.15) is 0 Å². The van der Waals surface area contributed by atoms with Crippen LogP contribution in [0.5, 0.6) is 0 Å². The summed E-state index contributed by atoms with van der Waals surface area (Å²) in [6, 6.07) is 2.66. The van der Waals surface area contributed by atoms with Crippen LogP contribution in [0.2, 0.25) is 0 Å². The Labute approximate surface area is 98.5 Å². The molecule has 1 atom stereocenters. The van der Waals surface area contributed by atoms with Crippen LogP contribution in [0.15, 0.2) is 18.5 Å². The van der Waals surface area contributed by atoms with Crippen molar-refractivity contribution < 1.29 is 0 Å². The third-order valence-corrected chi connectivity index (χ3v) is 3.76. The van der Waals surface area contributed by atoms with Crippen LogP contribution in [0, 0.1) is 12.8 Å². The molecule has 0 aromatic carbocycles. The summed E-state index contributed by atoms with van der Waals surface area (Å²) in [5, 5.41) is 3.64. The normalized spacial score (nSPS) is 19.4. The molecule has 0 bridgehead atoms. The lowest BCUT2D eigenvalue weighted by atomic mass is 9.84. The smallest absolute Gasteiger partial charge is 0.0402 e. The second-order valence-electron chi connectivity index (χ2n) is 5.02. The molecule has 2 nitrogen and oxygen atoms in total. The van der Waals surface area contributed by atoms with Gasteiger partial charge in [0.25, 0.3) is 0 Å². The van der Waals surface area contributed by atoms with Crippen molar-refractivity contribution in [2.45, 2.75) is 52.0 Å². The SMILES string of the molecule is Cc1cnccc1NC(C)C1CCCCC1. The summed E-state index contributed by atoms with van der Waals surface area (Å²) in [6.07, 6.45) is 10.8. The number of nitrogens with one attached hydrogen (secondary N) is 1. The van der Waals surface area contributed by atoms with Crippen molar-refractivity contribution in [2.24, 2.45) is 5.92 Å². The Morgan fingerprint density at radius 1 is 1.31 bits per heavy atom. The topological polar surface area (TPSA) is 24.9 Å². The van der Waals surface area contributed by atoms with Gasteiger partial charge >= 0.3 is 0 Å².